The molecule has 244 valence electrons. The lowest BCUT2D eigenvalue weighted by atomic mass is 9.94. The number of hydrogen-bond acceptors (Lipinski definition) is 5. The van der Waals surface area contributed by atoms with E-state index in [1.807, 2.05) is 109 Å². The van der Waals surface area contributed by atoms with Crippen molar-refractivity contribution in [3.8, 4) is 79.2 Å². The van der Waals surface area contributed by atoms with Gasteiger partial charge in [-0.25, -0.2) is 24.9 Å². The molecule has 0 bridgehead atoms. The van der Waals surface area contributed by atoms with Crippen molar-refractivity contribution in [3.63, 3.8) is 0 Å². The van der Waals surface area contributed by atoms with Crippen LogP contribution in [0.5, 0.6) is 0 Å². The topological polar surface area (TPSA) is 64.5 Å². The van der Waals surface area contributed by atoms with Gasteiger partial charge in [-0.15, -0.1) is 0 Å². The van der Waals surface area contributed by atoms with Gasteiger partial charge in [-0.05, 0) is 34.0 Å². The quantitative estimate of drug-likeness (QED) is 0.169. The minimum atomic E-state index is 0.637. The van der Waals surface area contributed by atoms with E-state index in [-0.39, 0.29) is 0 Å². The van der Waals surface area contributed by atoms with E-state index < -0.39 is 0 Å². The Morgan fingerprint density at radius 3 is 1.08 bits per heavy atom. The van der Waals surface area contributed by atoms with Gasteiger partial charge in [0.15, 0.2) is 23.3 Å². The molecule has 5 nitrogen and oxygen atoms in total. The standard InChI is InChI=1S/C47H31N5/c1-5-15-33(16-6-1)42-31-43(49-44(48-42)35-17-7-2-8-18-35)34-27-25-32(26-28-34)38-29-30-41(40-24-14-13-23-39(38)40)47-51-45(36-19-9-3-10-20-36)50-46(52-47)37-21-11-4-12-22-37/h1-31H. The van der Waals surface area contributed by atoms with Crippen molar-refractivity contribution in [2.45, 2.75) is 0 Å². The second kappa shape index (κ2) is 13.7. The third-order valence-electron chi connectivity index (χ3n) is 9.18. The van der Waals surface area contributed by atoms with Crippen molar-refractivity contribution >= 4 is 10.8 Å². The van der Waals surface area contributed by atoms with Crippen LogP contribution in [0.25, 0.3) is 90.0 Å². The lowest BCUT2D eigenvalue weighted by molar-refractivity contribution is 1.08. The summed E-state index contributed by atoms with van der Waals surface area (Å²) in [4.78, 5) is 24.9. The number of rotatable bonds is 7. The van der Waals surface area contributed by atoms with Crippen LogP contribution >= 0.6 is 0 Å². The Labute approximate surface area is 302 Å². The summed E-state index contributed by atoms with van der Waals surface area (Å²) < 4.78 is 0. The number of nitrogens with zero attached hydrogens (tertiary/aromatic N) is 5. The van der Waals surface area contributed by atoms with Gasteiger partial charge in [0.2, 0.25) is 0 Å². The van der Waals surface area contributed by atoms with Crippen molar-refractivity contribution in [2.24, 2.45) is 0 Å². The zero-order valence-corrected chi connectivity index (χ0v) is 28.1. The van der Waals surface area contributed by atoms with Crippen LogP contribution in [0.15, 0.2) is 188 Å². The van der Waals surface area contributed by atoms with Gasteiger partial charge >= 0.3 is 0 Å². The van der Waals surface area contributed by atoms with E-state index in [0.717, 1.165) is 66.7 Å². The predicted octanol–water partition coefficient (Wildman–Crippen LogP) is 11.5. The van der Waals surface area contributed by atoms with E-state index in [9.17, 15) is 0 Å². The maximum atomic E-state index is 5.02. The predicted molar refractivity (Wildman–Crippen MR) is 211 cm³/mol. The molecular weight excluding hydrogens is 635 g/mol. The van der Waals surface area contributed by atoms with Gasteiger partial charge in [0.05, 0.1) is 11.4 Å². The van der Waals surface area contributed by atoms with Crippen LogP contribution in [0.4, 0.5) is 0 Å². The fraction of sp³-hybridized carbons (Fsp3) is 0. The molecule has 9 aromatic rings. The van der Waals surface area contributed by atoms with Crippen molar-refractivity contribution < 1.29 is 0 Å². The Hall–Kier alpha value is -7.11. The molecule has 5 heteroatoms. The Kier molecular flexibility index (Phi) is 8.12. The van der Waals surface area contributed by atoms with E-state index in [1.54, 1.807) is 0 Å². The highest BCUT2D eigenvalue weighted by molar-refractivity contribution is 6.04. The van der Waals surface area contributed by atoms with Crippen LogP contribution in [-0.2, 0) is 0 Å². The lowest BCUT2D eigenvalue weighted by Crippen LogP contribution is -2.00. The number of hydrogen-bond donors (Lipinski definition) is 0. The Balaban J connectivity index is 1.13. The first-order chi connectivity index (χ1) is 25.8. The first-order valence-corrected chi connectivity index (χ1v) is 17.3. The fourth-order valence-electron chi connectivity index (χ4n) is 6.56. The molecule has 0 unspecified atom stereocenters. The third-order valence-corrected chi connectivity index (χ3v) is 9.18. The smallest absolute Gasteiger partial charge is 0.164 e. The molecule has 0 saturated carbocycles. The third kappa shape index (κ3) is 6.12. The molecule has 7 aromatic carbocycles. The molecule has 0 radical (unpaired) electrons. The molecule has 0 aliphatic carbocycles. The van der Waals surface area contributed by atoms with Gasteiger partial charge in [-0.1, -0.05) is 176 Å². The van der Waals surface area contributed by atoms with Crippen LogP contribution in [0.2, 0.25) is 0 Å². The zero-order valence-electron chi connectivity index (χ0n) is 28.1. The minimum absolute atomic E-state index is 0.637. The molecule has 0 aliphatic rings. The highest BCUT2D eigenvalue weighted by Gasteiger charge is 2.17. The Morgan fingerprint density at radius 1 is 0.231 bits per heavy atom. The highest BCUT2D eigenvalue weighted by atomic mass is 15.0. The Bertz CT molecular complexity index is 2530. The maximum Gasteiger partial charge on any atom is 0.164 e. The summed E-state index contributed by atoms with van der Waals surface area (Å²) >= 11 is 0. The van der Waals surface area contributed by atoms with Crippen molar-refractivity contribution in [1.82, 2.24) is 24.9 Å². The number of benzene rings is 7. The summed E-state index contributed by atoms with van der Waals surface area (Å²) in [7, 11) is 0. The van der Waals surface area contributed by atoms with Gasteiger partial charge in [0.25, 0.3) is 0 Å². The molecule has 0 saturated heterocycles. The normalized spacial score (nSPS) is 11.1. The van der Waals surface area contributed by atoms with Crippen LogP contribution in [0, 0.1) is 0 Å². The fourth-order valence-corrected chi connectivity index (χ4v) is 6.56. The van der Waals surface area contributed by atoms with Gasteiger partial charge in [-0.2, -0.15) is 0 Å². The summed E-state index contributed by atoms with van der Waals surface area (Å²) in [5, 5.41) is 2.19. The zero-order chi connectivity index (χ0) is 34.7. The van der Waals surface area contributed by atoms with Crippen LogP contribution in [-0.4, -0.2) is 24.9 Å². The van der Waals surface area contributed by atoms with Crippen LogP contribution in [0.3, 0.4) is 0 Å². The van der Waals surface area contributed by atoms with E-state index in [2.05, 4.69) is 78.9 Å². The highest BCUT2D eigenvalue weighted by Crippen LogP contribution is 2.37. The van der Waals surface area contributed by atoms with Gasteiger partial charge < -0.3 is 0 Å². The van der Waals surface area contributed by atoms with Gasteiger partial charge in [-0.3, -0.25) is 0 Å². The molecule has 0 aliphatic heterocycles. The van der Waals surface area contributed by atoms with Gasteiger partial charge in [0.1, 0.15) is 0 Å². The number of aromatic nitrogens is 5. The summed E-state index contributed by atoms with van der Waals surface area (Å²) in [5.74, 6) is 2.62. The van der Waals surface area contributed by atoms with Crippen LogP contribution < -0.4 is 0 Å². The second-order valence-electron chi connectivity index (χ2n) is 12.5. The van der Waals surface area contributed by atoms with Gasteiger partial charge in [0, 0.05) is 33.4 Å². The minimum Gasteiger partial charge on any atom is -0.228 e. The van der Waals surface area contributed by atoms with E-state index in [1.165, 1.54) is 0 Å². The maximum absolute atomic E-state index is 5.02. The van der Waals surface area contributed by atoms with Crippen molar-refractivity contribution in [1.29, 1.82) is 0 Å². The SMILES string of the molecule is c1ccc(-c2cc(-c3ccc(-c4ccc(-c5nc(-c6ccccc6)nc(-c6ccccc6)n5)c5ccccc45)cc3)nc(-c3ccccc3)n2)cc1. The molecule has 9 rings (SSSR count). The summed E-state index contributed by atoms with van der Waals surface area (Å²) in [6.45, 7) is 0. The summed E-state index contributed by atoms with van der Waals surface area (Å²) in [5.41, 5.74) is 9.90. The lowest BCUT2D eigenvalue weighted by Gasteiger charge is -2.14. The monoisotopic (exact) mass is 665 g/mol. The van der Waals surface area contributed by atoms with E-state index >= 15 is 0 Å². The molecule has 2 aromatic heterocycles. The number of fused-ring (bicyclic) bond motifs is 1. The average Bonchev–Trinajstić information content (AvgIpc) is 3.24. The average molecular weight is 666 g/mol. The molecule has 0 spiro atoms. The summed E-state index contributed by atoms with van der Waals surface area (Å²) in [6, 6.07) is 64.0. The molecule has 0 N–H and O–H groups in total. The molecule has 2 heterocycles. The Morgan fingerprint density at radius 2 is 0.577 bits per heavy atom. The molecule has 52 heavy (non-hydrogen) atoms. The van der Waals surface area contributed by atoms with Crippen molar-refractivity contribution in [2.75, 3.05) is 0 Å². The van der Waals surface area contributed by atoms with E-state index in [0.29, 0.717) is 23.3 Å². The first-order valence-electron chi connectivity index (χ1n) is 17.3. The largest absolute Gasteiger partial charge is 0.228 e. The molecule has 0 atom stereocenters. The van der Waals surface area contributed by atoms with E-state index in [4.69, 9.17) is 24.9 Å². The molecular formula is C47H31N5. The molecule has 0 fully saturated rings. The van der Waals surface area contributed by atoms with Crippen LogP contribution in [0.1, 0.15) is 0 Å². The molecule has 0 amide bonds. The first kappa shape index (κ1) is 30.9. The second-order valence-corrected chi connectivity index (χ2v) is 12.5. The van der Waals surface area contributed by atoms with Crippen molar-refractivity contribution in [3.05, 3.63) is 188 Å². The summed E-state index contributed by atoms with van der Waals surface area (Å²) in [6.07, 6.45) is 0.